The molecular formula is C13H13ClFN3O. The molecule has 0 spiro atoms. The van der Waals surface area contributed by atoms with E-state index in [0.717, 1.165) is 0 Å². The number of carbonyl (C=O) groups is 1. The highest BCUT2D eigenvalue weighted by molar-refractivity contribution is 6.31. The first-order chi connectivity index (χ1) is 8.97. The van der Waals surface area contributed by atoms with Gasteiger partial charge in [-0.05, 0) is 18.6 Å². The van der Waals surface area contributed by atoms with Crippen molar-refractivity contribution in [2.24, 2.45) is 0 Å². The number of nitrogens with zero attached hydrogens (tertiary/aromatic N) is 2. The van der Waals surface area contributed by atoms with E-state index in [1.807, 2.05) is 0 Å². The maximum atomic E-state index is 14.0. The van der Waals surface area contributed by atoms with Crippen LogP contribution in [0.4, 0.5) is 10.2 Å². The molecule has 2 rings (SSSR count). The topological polar surface area (TPSA) is 46.9 Å². The Morgan fingerprint density at radius 1 is 1.47 bits per heavy atom. The van der Waals surface area contributed by atoms with Gasteiger partial charge in [-0.3, -0.25) is 9.48 Å². The lowest BCUT2D eigenvalue weighted by Crippen LogP contribution is -2.08. The molecule has 1 N–H and O–H groups in total. The minimum Gasteiger partial charge on any atom is -0.309 e. The summed E-state index contributed by atoms with van der Waals surface area (Å²) >= 11 is 5.99. The summed E-state index contributed by atoms with van der Waals surface area (Å²) in [7, 11) is 0. The molecule has 1 amide bonds. The summed E-state index contributed by atoms with van der Waals surface area (Å²) in [6, 6.07) is 4.93. The van der Waals surface area contributed by atoms with Gasteiger partial charge in [0.2, 0.25) is 5.91 Å². The molecule has 0 bridgehead atoms. The zero-order valence-corrected chi connectivity index (χ0v) is 11.3. The minimum absolute atomic E-state index is 0.204. The molecule has 6 heteroatoms. The SMILES string of the molecule is CC(=O)Nc1ccn(Cc2c(Cl)ccc(C)c2F)n1. The molecule has 0 saturated carbocycles. The van der Waals surface area contributed by atoms with Crippen molar-refractivity contribution >= 4 is 23.3 Å². The highest BCUT2D eigenvalue weighted by atomic mass is 35.5. The van der Waals surface area contributed by atoms with E-state index in [-0.39, 0.29) is 18.3 Å². The van der Waals surface area contributed by atoms with Crippen LogP contribution in [-0.2, 0) is 11.3 Å². The number of hydrogen-bond acceptors (Lipinski definition) is 2. The van der Waals surface area contributed by atoms with Gasteiger partial charge >= 0.3 is 0 Å². The molecular weight excluding hydrogens is 269 g/mol. The Morgan fingerprint density at radius 3 is 2.89 bits per heavy atom. The minimum atomic E-state index is -0.330. The molecule has 0 radical (unpaired) electrons. The Bertz CT molecular complexity index is 624. The summed E-state index contributed by atoms with van der Waals surface area (Å²) in [5.74, 6) is -0.106. The van der Waals surface area contributed by atoms with Crippen LogP contribution in [-0.4, -0.2) is 15.7 Å². The highest BCUT2D eigenvalue weighted by Gasteiger charge is 2.11. The third-order valence-electron chi connectivity index (χ3n) is 2.64. The van der Waals surface area contributed by atoms with Crippen molar-refractivity contribution in [2.45, 2.75) is 20.4 Å². The summed E-state index contributed by atoms with van der Waals surface area (Å²) in [6.07, 6.45) is 1.66. The van der Waals surface area contributed by atoms with Crippen molar-refractivity contribution in [3.63, 3.8) is 0 Å². The number of aromatic nitrogens is 2. The summed E-state index contributed by atoms with van der Waals surface area (Å²) in [5.41, 5.74) is 0.924. The fourth-order valence-corrected chi connectivity index (χ4v) is 1.92. The Balaban J connectivity index is 2.24. The van der Waals surface area contributed by atoms with E-state index in [9.17, 15) is 9.18 Å². The third-order valence-corrected chi connectivity index (χ3v) is 3.00. The van der Waals surface area contributed by atoms with E-state index in [2.05, 4.69) is 10.4 Å². The smallest absolute Gasteiger partial charge is 0.222 e. The van der Waals surface area contributed by atoms with Crippen molar-refractivity contribution in [1.29, 1.82) is 0 Å². The second kappa shape index (κ2) is 5.40. The number of rotatable bonds is 3. The second-order valence-electron chi connectivity index (χ2n) is 4.24. The molecule has 19 heavy (non-hydrogen) atoms. The molecule has 4 nitrogen and oxygen atoms in total. The number of aryl methyl sites for hydroxylation is 1. The lowest BCUT2D eigenvalue weighted by atomic mass is 10.1. The van der Waals surface area contributed by atoms with E-state index < -0.39 is 0 Å². The Kier molecular flexibility index (Phi) is 3.85. The molecule has 0 unspecified atom stereocenters. The molecule has 1 heterocycles. The van der Waals surface area contributed by atoms with E-state index in [0.29, 0.717) is 22.0 Å². The van der Waals surface area contributed by atoms with Crippen molar-refractivity contribution in [3.8, 4) is 0 Å². The van der Waals surface area contributed by atoms with E-state index in [4.69, 9.17) is 11.6 Å². The van der Waals surface area contributed by atoms with Gasteiger partial charge in [-0.1, -0.05) is 17.7 Å². The van der Waals surface area contributed by atoms with Crippen LogP contribution >= 0.6 is 11.6 Å². The molecule has 0 fully saturated rings. The Morgan fingerprint density at radius 2 is 2.21 bits per heavy atom. The van der Waals surface area contributed by atoms with Crippen LogP contribution in [0.1, 0.15) is 18.1 Å². The van der Waals surface area contributed by atoms with Gasteiger partial charge < -0.3 is 5.32 Å². The van der Waals surface area contributed by atoms with Crippen LogP contribution in [0.25, 0.3) is 0 Å². The van der Waals surface area contributed by atoms with E-state index in [1.165, 1.54) is 11.6 Å². The van der Waals surface area contributed by atoms with E-state index >= 15 is 0 Å². The number of carbonyl (C=O) groups excluding carboxylic acids is 1. The average molecular weight is 282 g/mol. The molecule has 0 saturated heterocycles. The number of nitrogens with one attached hydrogen (secondary N) is 1. The first-order valence-corrected chi connectivity index (χ1v) is 6.09. The predicted molar refractivity (Wildman–Crippen MR) is 71.8 cm³/mol. The maximum absolute atomic E-state index is 14.0. The van der Waals surface area contributed by atoms with Crippen molar-refractivity contribution in [3.05, 3.63) is 46.4 Å². The fourth-order valence-electron chi connectivity index (χ4n) is 1.72. The maximum Gasteiger partial charge on any atom is 0.222 e. The van der Waals surface area contributed by atoms with Gasteiger partial charge in [0, 0.05) is 29.8 Å². The number of halogens is 2. The van der Waals surface area contributed by atoms with Gasteiger partial charge in [0.05, 0.1) is 6.54 Å². The Labute approximate surface area is 115 Å². The van der Waals surface area contributed by atoms with Gasteiger partial charge in [0.15, 0.2) is 5.82 Å². The molecule has 0 aliphatic rings. The number of anilines is 1. The summed E-state index contributed by atoms with van der Waals surface area (Å²) in [4.78, 5) is 10.9. The summed E-state index contributed by atoms with van der Waals surface area (Å²) in [6.45, 7) is 3.29. The zero-order valence-electron chi connectivity index (χ0n) is 10.6. The van der Waals surface area contributed by atoms with Crippen molar-refractivity contribution in [1.82, 2.24) is 9.78 Å². The monoisotopic (exact) mass is 281 g/mol. The summed E-state index contributed by atoms with van der Waals surface area (Å²) in [5, 5.41) is 7.03. The third kappa shape index (κ3) is 3.12. The lowest BCUT2D eigenvalue weighted by Gasteiger charge is -2.08. The van der Waals surface area contributed by atoms with E-state index in [1.54, 1.807) is 31.3 Å². The Hall–Kier alpha value is -1.88. The molecule has 100 valence electrons. The first kappa shape index (κ1) is 13.5. The molecule has 0 aliphatic carbocycles. The van der Waals surface area contributed by atoms with Gasteiger partial charge in [0.25, 0.3) is 0 Å². The first-order valence-electron chi connectivity index (χ1n) is 5.72. The largest absolute Gasteiger partial charge is 0.309 e. The second-order valence-corrected chi connectivity index (χ2v) is 4.64. The molecule has 2 aromatic rings. The number of amides is 1. The van der Waals surface area contributed by atoms with Crippen molar-refractivity contribution < 1.29 is 9.18 Å². The van der Waals surface area contributed by atoms with Crippen LogP contribution < -0.4 is 5.32 Å². The average Bonchev–Trinajstić information content (AvgIpc) is 2.76. The summed E-state index contributed by atoms with van der Waals surface area (Å²) < 4.78 is 15.5. The molecule has 1 aromatic heterocycles. The van der Waals surface area contributed by atoms with Crippen LogP contribution in [0.3, 0.4) is 0 Å². The van der Waals surface area contributed by atoms with Crippen LogP contribution in [0, 0.1) is 12.7 Å². The van der Waals surface area contributed by atoms with Crippen LogP contribution in [0.15, 0.2) is 24.4 Å². The quantitative estimate of drug-likeness (QED) is 0.940. The van der Waals surface area contributed by atoms with Gasteiger partial charge in [0.1, 0.15) is 5.82 Å². The number of hydrogen-bond donors (Lipinski definition) is 1. The van der Waals surface area contributed by atoms with Crippen molar-refractivity contribution in [2.75, 3.05) is 5.32 Å². The zero-order chi connectivity index (χ0) is 14.0. The lowest BCUT2D eigenvalue weighted by molar-refractivity contribution is -0.114. The predicted octanol–water partition coefficient (Wildman–Crippen LogP) is 2.99. The standard InChI is InChI=1S/C13H13ClFN3O/c1-8-3-4-11(14)10(13(8)15)7-18-6-5-12(17-18)16-9(2)19/h3-6H,7H2,1-2H3,(H,16,17,19). The number of benzene rings is 1. The van der Waals surface area contributed by atoms with Gasteiger partial charge in [-0.15, -0.1) is 0 Å². The molecule has 1 aromatic carbocycles. The van der Waals surface area contributed by atoms with Gasteiger partial charge in [-0.25, -0.2) is 4.39 Å². The highest BCUT2D eigenvalue weighted by Crippen LogP contribution is 2.23. The van der Waals surface area contributed by atoms with Crippen LogP contribution in [0.2, 0.25) is 5.02 Å². The molecule has 0 atom stereocenters. The van der Waals surface area contributed by atoms with Gasteiger partial charge in [-0.2, -0.15) is 5.10 Å². The molecule has 0 aliphatic heterocycles. The normalized spacial score (nSPS) is 10.5. The van der Waals surface area contributed by atoms with Crippen LogP contribution in [0.5, 0.6) is 0 Å². The fraction of sp³-hybridized carbons (Fsp3) is 0.231.